The van der Waals surface area contributed by atoms with Gasteiger partial charge < -0.3 is 4.74 Å². The molecule has 21 heavy (non-hydrogen) atoms. The average Bonchev–Trinajstić information content (AvgIpc) is 2.45. The normalized spacial score (nSPS) is 10.9. The molecule has 108 valence electrons. The fraction of sp³-hybridized carbons (Fsp3) is 0.133. The summed E-state index contributed by atoms with van der Waals surface area (Å²) in [6, 6.07) is 13.6. The second kappa shape index (κ2) is 6.17. The molecule has 0 aromatic heterocycles. The maximum Gasteiger partial charge on any atom is 0.261 e. The molecule has 0 aliphatic rings. The van der Waals surface area contributed by atoms with Crippen molar-refractivity contribution in [3.63, 3.8) is 0 Å². The van der Waals surface area contributed by atoms with E-state index in [-0.39, 0.29) is 4.90 Å². The number of hydrogen-bond donors (Lipinski definition) is 0. The Balaban J connectivity index is 2.15. The fourth-order valence-electron chi connectivity index (χ4n) is 1.83. The quantitative estimate of drug-likeness (QED) is 0.810. The van der Waals surface area contributed by atoms with Crippen LogP contribution in [0, 0.1) is 18.3 Å². The van der Waals surface area contributed by atoms with Crippen LogP contribution in [0.5, 0.6) is 5.75 Å². The van der Waals surface area contributed by atoms with Crippen LogP contribution in [-0.4, -0.2) is 8.42 Å². The Morgan fingerprint density at radius 2 is 2.00 bits per heavy atom. The average molecular weight is 322 g/mol. The minimum absolute atomic E-state index is 0.0421. The van der Waals surface area contributed by atoms with Gasteiger partial charge in [-0.15, -0.1) is 0 Å². The highest BCUT2D eigenvalue weighted by atomic mass is 35.7. The molecule has 4 nitrogen and oxygen atoms in total. The van der Waals surface area contributed by atoms with Gasteiger partial charge in [0.25, 0.3) is 9.05 Å². The van der Waals surface area contributed by atoms with Crippen molar-refractivity contribution in [2.45, 2.75) is 18.4 Å². The molecule has 0 unspecified atom stereocenters. The van der Waals surface area contributed by atoms with Gasteiger partial charge in [0.05, 0.1) is 16.5 Å². The third-order valence-electron chi connectivity index (χ3n) is 2.88. The van der Waals surface area contributed by atoms with Gasteiger partial charge in [0.2, 0.25) is 0 Å². The molecule has 0 fully saturated rings. The number of hydrogen-bond acceptors (Lipinski definition) is 4. The molecule has 0 atom stereocenters. The molecule has 2 aromatic rings. The van der Waals surface area contributed by atoms with Crippen molar-refractivity contribution >= 4 is 19.7 Å². The van der Waals surface area contributed by atoms with Gasteiger partial charge in [-0.25, -0.2) is 8.42 Å². The summed E-state index contributed by atoms with van der Waals surface area (Å²) in [6.45, 7) is 2.04. The zero-order valence-corrected chi connectivity index (χ0v) is 12.8. The molecule has 0 amide bonds. The topological polar surface area (TPSA) is 67.2 Å². The third kappa shape index (κ3) is 3.97. The SMILES string of the molecule is Cc1cc(S(=O)(=O)Cl)ccc1OCc1cccc(C#N)c1. The third-order valence-corrected chi connectivity index (χ3v) is 4.23. The lowest BCUT2D eigenvalue weighted by Crippen LogP contribution is -1.99. The largest absolute Gasteiger partial charge is 0.489 e. The van der Waals surface area contributed by atoms with Crippen molar-refractivity contribution in [3.8, 4) is 11.8 Å². The Labute approximate surface area is 128 Å². The molecule has 2 rings (SSSR count). The molecule has 0 saturated carbocycles. The Hall–Kier alpha value is -2.03. The first-order chi connectivity index (χ1) is 9.90. The predicted molar refractivity (Wildman–Crippen MR) is 79.7 cm³/mol. The molecule has 0 saturated heterocycles. The molecule has 0 aliphatic heterocycles. The van der Waals surface area contributed by atoms with Gasteiger partial charge >= 0.3 is 0 Å². The van der Waals surface area contributed by atoms with Crippen molar-refractivity contribution in [2.75, 3.05) is 0 Å². The van der Waals surface area contributed by atoms with Crippen LogP contribution in [0.3, 0.4) is 0 Å². The summed E-state index contributed by atoms with van der Waals surface area (Å²) in [7, 11) is 1.55. The summed E-state index contributed by atoms with van der Waals surface area (Å²) in [4.78, 5) is 0.0421. The van der Waals surface area contributed by atoms with Gasteiger partial charge in [-0.1, -0.05) is 12.1 Å². The maximum absolute atomic E-state index is 11.2. The second-order valence-electron chi connectivity index (χ2n) is 4.47. The highest BCUT2D eigenvalue weighted by Crippen LogP contribution is 2.24. The van der Waals surface area contributed by atoms with E-state index in [1.54, 1.807) is 31.2 Å². The number of benzene rings is 2. The smallest absolute Gasteiger partial charge is 0.261 e. The molecule has 0 spiro atoms. The molecule has 0 bridgehead atoms. The second-order valence-corrected chi connectivity index (χ2v) is 7.03. The first-order valence-electron chi connectivity index (χ1n) is 6.07. The summed E-state index contributed by atoms with van der Waals surface area (Å²) in [5.74, 6) is 0.571. The number of nitriles is 1. The first kappa shape index (κ1) is 15.4. The monoisotopic (exact) mass is 321 g/mol. The highest BCUT2D eigenvalue weighted by molar-refractivity contribution is 8.13. The molecule has 0 aliphatic carbocycles. The summed E-state index contributed by atoms with van der Waals surface area (Å²) in [6.07, 6.45) is 0. The van der Waals surface area contributed by atoms with Crippen LogP contribution < -0.4 is 4.74 Å². The van der Waals surface area contributed by atoms with Gasteiger partial charge in [0, 0.05) is 10.7 Å². The van der Waals surface area contributed by atoms with Gasteiger partial charge in [0.1, 0.15) is 12.4 Å². The van der Waals surface area contributed by atoms with E-state index < -0.39 is 9.05 Å². The summed E-state index contributed by atoms with van der Waals surface area (Å²) in [5, 5.41) is 8.84. The van der Waals surface area contributed by atoms with Crippen LogP contribution in [0.15, 0.2) is 47.4 Å². The van der Waals surface area contributed by atoms with Crippen LogP contribution >= 0.6 is 10.7 Å². The summed E-state index contributed by atoms with van der Waals surface area (Å²) >= 11 is 0. The van der Waals surface area contributed by atoms with Gasteiger partial charge in [0.15, 0.2) is 0 Å². The molecule has 0 N–H and O–H groups in total. The van der Waals surface area contributed by atoms with E-state index in [4.69, 9.17) is 20.7 Å². The Kier molecular flexibility index (Phi) is 4.51. The fourth-order valence-corrected chi connectivity index (χ4v) is 2.66. The minimum atomic E-state index is -3.74. The van der Waals surface area contributed by atoms with Crippen molar-refractivity contribution in [3.05, 3.63) is 59.2 Å². The first-order valence-corrected chi connectivity index (χ1v) is 8.38. The van der Waals surface area contributed by atoms with Crippen LogP contribution in [0.2, 0.25) is 0 Å². The predicted octanol–water partition coefficient (Wildman–Crippen LogP) is 3.37. The minimum Gasteiger partial charge on any atom is -0.489 e. The van der Waals surface area contributed by atoms with Gasteiger partial charge in [-0.05, 0) is 48.4 Å². The van der Waals surface area contributed by atoms with Crippen LogP contribution in [0.25, 0.3) is 0 Å². The van der Waals surface area contributed by atoms with E-state index in [0.29, 0.717) is 23.5 Å². The van der Waals surface area contributed by atoms with E-state index >= 15 is 0 Å². The Bertz CT molecular complexity index is 810. The van der Waals surface area contributed by atoms with E-state index in [0.717, 1.165) is 5.56 Å². The van der Waals surface area contributed by atoms with E-state index in [1.807, 2.05) is 6.07 Å². The van der Waals surface area contributed by atoms with Crippen LogP contribution in [0.1, 0.15) is 16.7 Å². The molecular weight excluding hydrogens is 310 g/mol. The highest BCUT2D eigenvalue weighted by Gasteiger charge is 2.12. The lowest BCUT2D eigenvalue weighted by molar-refractivity contribution is 0.304. The van der Waals surface area contributed by atoms with Crippen LogP contribution in [-0.2, 0) is 15.7 Å². The van der Waals surface area contributed by atoms with Gasteiger partial charge in [-0.3, -0.25) is 0 Å². The number of rotatable bonds is 4. The molecule has 0 heterocycles. The Morgan fingerprint density at radius 3 is 2.62 bits per heavy atom. The zero-order valence-electron chi connectivity index (χ0n) is 11.2. The Morgan fingerprint density at radius 1 is 1.24 bits per heavy atom. The molecular formula is C15H12ClNO3S. The van der Waals surface area contributed by atoms with Crippen LogP contribution in [0.4, 0.5) is 0 Å². The van der Waals surface area contributed by atoms with Crippen molar-refractivity contribution < 1.29 is 13.2 Å². The number of aryl methyl sites for hydroxylation is 1. The summed E-state index contributed by atoms with van der Waals surface area (Å²) < 4.78 is 28.1. The van der Waals surface area contributed by atoms with Crippen molar-refractivity contribution in [1.82, 2.24) is 0 Å². The van der Waals surface area contributed by atoms with E-state index in [2.05, 4.69) is 6.07 Å². The molecule has 0 radical (unpaired) electrons. The number of nitrogens with zero attached hydrogens (tertiary/aromatic N) is 1. The zero-order chi connectivity index (χ0) is 15.5. The van der Waals surface area contributed by atoms with Gasteiger partial charge in [-0.2, -0.15) is 5.26 Å². The number of halogens is 1. The maximum atomic E-state index is 11.2. The lowest BCUT2D eigenvalue weighted by Gasteiger charge is -2.10. The van der Waals surface area contributed by atoms with Crippen molar-refractivity contribution in [2.24, 2.45) is 0 Å². The van der Waals surface area contributed by atoms with E-state index in [9.17, 15) is 8.42 Å². The summed E-state index contributed by atoms with van der Waals surface area (Å²) in [5.41, 5.74) is 2.10. The number of ether oxygens (including phenoxy) is 1. The lowest BCUT2D eigenvalue weighted by atomic mass is 10.1. The molecule has 6 heteroatoms. The van der Waals surface area contributed by atoms with Crippen molar-refractivity contribution in [1.29, 1.82) is 5.26 Å². The van der Waals surface area contributed by atoms with E-state index in [1.165, 1.54) is 12.1 Å². The standard InChI is InChI=1S/C15H12ClNO3S/c1-11-7-14(21(16,18)19)5-6-15(11)20-10-13-4-2-3-12(8-13)9-17/h2-8H,10H2,1H3. The molecule has 2 aromatic carbocycles.